The van der Waals surface area contributed by atoms with Crippen molar-refractivity contribution < 1.29 is 19.4 Å². The SMILES string of the molecule is COc1ccc(C)cc1N=C1NC(=O)/C(=C/c2cc(Br)cc(OC)c2O)S1. The molecule has 1 heterocycles. The van der Waals surface area contributed by atoms with E-state index in [-0.39, 0.29) is 11.7 Å². The zero-order chi connectivity index (χ0) is 19.6. The van der Waals surface area contributed by atoms with Gasteiger partial charge in [0.1, 0.15) is 11.4 Å². The number of carbonyl (C=O) groups excluding carboxylic acids is 1. The molecule has 1 aliphatic rings. The maximum Gasteiger partial charge on any atom is 0.264 e. The third-order valence-corrected chi connectivity index (χ3v) is 5.15. The standard InChI is InChI=1S/C19H17BrN2O4S/c1-10-4-5-14(25-2)13(6-10)21-19-22-18(24)16(27-19)8-11-7-12(20)9-15(26-3)17(11)23/h4-9,23H,1-3H3,(H,21,22,24)/b16-8-. The second-order valence-electron chi connectivity index (χ2n) is 5.70. The molecule has 0 bridgehead atoms. The van der Waals surface area contributed by atoms with Crippen LogP contribution in [-0.2, 0) is 4.79 Å². The molecule has 0 spiro atoms. The first kappa shape index (κ1) is 19.3. The maximum absolute atomic E-state index is 12.3. The van der Waals surface area contributed by atoms with E-state index in [0.717, 1.165) is 10.0 Å². The molecule has 1 saturated heterocycles. The lowest BCUT2D eigenvalue weighted by atomic mass is 10.1. The molecule has 0 aliphatic carbocycles. The van der Waals surface area contributed by atoms with E-state index < -0.39 is 0 Å². The third kappa shape index (κ3) is 4.28. The summed E-state index contributed by atoms with van der Waals surface area (Å²) in [4.78, 5) is 17.2. The number of aryl methyl sites for hydroxylation is 1. The Balaban J connectivity index is 1.94. The first-order valence-electron chi connectivity index (χ1n) is 7.92. The van der Waals surface area contributed by atoms with Gasteiger partial charge >= 0.3 is 0 Å². The van der Waals surface area contributed by atoms with Gasteiger partial charge in [0.05, 0.1) is 19.1 Å². The number of carbonyl (C=O) groups is 1. The van der Waals surface area contributed by atoms with Crippen molar-refractivity contribution in [3.8, 4) is 17.2 Å². The molecule has 27 heavy (non-hydrogen) atoms. The predicted molar refractivity (Wildman–Crippen MR) is 111 cm³/mol. The molecule has 0 atom stereocenters. The van der Waals surface area contributed by atoms with E-state index in [2.05, 4.69) is 26.2 Å². The number of aromatic hydroxyl groups is 1. The second kappa shape index (κ2) is 8.06. The van der Waals surface area contributed by atoms with Gasteiger partial charge in [0.2, 0.25) is 0 Å². The minimum Gasteiger partial charge on any atom is -0.504 e. The summed E-state index contributed by atoms with van der Waals surface area (Å²) in [5, 5.41) is 13.5. The molecule has 0 aromatic heterocycles. The highest BCUT2D eigenvalue weighted by atomic mass is 79.9. The molecule has 1 amide bonds. The quantitative estimate of drug-likeness (QED) is 0.678. The molecule has 2 aromatic carbocycles. The summed E-state index contributed by atoms with van der Waals surface area (Å²) in [7, 11) is 3.04. The average Bonchev–Trinajstić information content (AvgIpc) is 2.97. The van der Waals surface area contributed by atoms with Gasteiger partial charge in [0, 0.05) is 10.0 Å². The number of benzene rings is 2. The van der Waals surface area contributed by atoms with Crippen LogP contribution >= 0.6 is 27.7 Å². The van der Waals surface area contributed by atoms with Gasteiger partial charge in [-0.15, -0.1) is 0 Å². The monoisotopic (exact) mass is 448 g/mol. The number of phenolic OH excluding ortho intramolecular Hbond substituents is 1. The van der Waals surface area contributed by atoms with Crippen LogP contribution in [0, 0.1) is 6.92 Å². The number of rotatable bonds is 4. The van der Waals surface area contributed by atoms with Gasteiger partial charge in [-0.05, 0) is 54.6 Å². The highest BCUT2D eigenvalue weighted by molar-refractivity contribution is 9.10. The normalized spacial score (nSPS) is 16.7. The molecular formula is C19H17BrN2O4S. The van der Waals surface area contributed by atoms with E-state index in [1.165, 1.54) is 18.9 Å². The van der Waals surface area contributed by atoms with Crippen LogP contribution in [0.3, 0.4) is 0 Å². The van der Waals surface area contributed by atoms with Crippen molar-refractivity contribution in [2.75, 3.05) is 14.2 Å². The highest BCUT2D eigenvalue weighted by Crippen LogP contribution is 2.37. The maximum atomic E-state index is 12.3. The molecule has 2 aromatic rings. The fourth-order valence-electron chi connectivity index (χ4n) is 2.48. The lowest BCUT2D eigenvalue weighted by molar-refractivity contribution is -0.115. The van der Waals surface area contributed by atoms with Crippen molar-refractivity contribution in [1.29, 1.82) is 0 Å². The molecule has 3 rings (SSSR count). The minimum absolute atomic E-state index is 0.0349. The molecule has 0 unspecified atom stereocenters. The second-order valence-corrected chi connectivity index (χ2v) is 7.65. The fourth-order valence-corrected chi connectivity index (χ4v) is 3.76. The van der Waals surface area contributed by atoms with Crippen molar-refractivity contribution in [3.05, 3.63) is 50.8 Å². The van der Waals surface area contributed by atoms with Gasteiger partial charge in [0.15, 0.2) is 16.7 Å². The number of methoxy groups -OCH3 is 2. The Morgan fingerprint density at radius 2 is 1.93 bits per heavy atom. The zero-order valence-electron chi connectivity index (χ0n) is 14.9. The highest BCUT2D eigenvalue weighted by Gasteiger charge is 2.25. The van der Waals surface area contributed by atoms with Crippen molar-refractivity contribution in [2.45, 2.75) is 6.92 Å². The van der Waals surface area contributed by atoms with Crippen LogP contribution in [0.4, 0.5) is 5.69 Å². The Morgan fingerprint density at radius 3 is 2.63 bits per heavy atom. The fraction of sp³-hybridized carbons (Fsp3) is 0.158. The number of halogens is 1. The first-order valence-corrected chi connectivity index (χ1v) is 9.53. The van der Waals surface area contributed by atoms with Crippen molar-refractivity contribution >= 4 is 50.5 Å². The van der Waals surface area contributed by atoms with Gasteiger partial charge in [-0.3, -0.25) is 4.79 Å². The average molecular weight is 449 g/mol. The molecule has 0 radical (unpaired) electrons. The molecular weight excluding hydrogens is 432 g/mol. The van der Waals surface area contributed by atoms with E-state index in [1.54, 1.807) is 25.3 Å². The lowest BCUT2D eigenvalue weighted by Gasteiger charge is -2.07. The lowest BCUT2D eigenvalue weighted by Crippen LogP contribution is -2.19. The number of aliphatic imine (C=N–C) groups is 1. The third-order valence-electron chi connectivity index (χ3n) is 3.78. The van der Waals surface area contributed by atoms with Crippen LogP contribution < -0.4 is 14.8 Å². The number of ether oxygens (including phenoxy) is 2. The van der Waals surface area contributed by atoms with E-state index in [1.807, 2.05) is 25.1 Å². The number of nitrogens with one attached hydrogen (secondary N) is 1. The van der Waals surface area contributed by atoms with Gasteiger partial charge in [-0.25, -0.2) is 4.99 Å². The molecule has 8 heteroatoms. The summed E-state index contributed by atoms with van der Waals surface area (Å²) in [6, 6.07) is 9.00. The summed E-state index contributed by atoms with van der Waals surface area (Å²) in [6.07, 6.45) is 1.60. The Labute approximate surface area is 169 Å². The number of hydrogen-bond acceptors (Lipinski definition) is 6. The van der Waals surface area contributed by atoms with Gasteiger partial charge in [-0.1, -0.05) is 22.0 Å². The summed E-state index contributed by atoms with van der Waals surface area (Å²) < 4.78 is 11.2. The van der Waals surface area contributed by atoms with E-state index >= 15 is 0 Å². The summed E-state index contributed by atoms with van der Waals surface area (Å²) in [6.45, 7) is 1.96. The van der Waals surface area contributed by atoms with Crippen LogP contribution in [0.2, 0.25) is 0 Å². The van der Waals surface area contributed by atoms with Gasteiger partial charge < -0.3 is 19.9 Å². The van der Waals surface area contributed by atoms with Crippen molar-refractivity contribution in [2.24, 2.45) is 4.99 Å². The molecule has 2 N–H and O–H groups in total. The van der Waals surface area contributed by atoms with Crippen LogP contribution in [0.1, 0.15) is 11.1 Å². The van der Waals surface area contributed by atoms with E-state index in [0.29, 0.717) is 32.8 Å². The van der Waals surface area contributed by atoms with Crippen molar-refractivity contribution in [1.82, 2.24) is 5.32 Å². The molecule has 1 aliphatic heterocycles. The Morgan fingerprint density at radius 1 is 1.19 bits per heavy atom. The first-order chi connectivity index (χ1) is 12.9. The van der Waals surface area contributed by atoms with Crippen LogP contribution in [0.25, 0.3) is 6.08 Å². The summed E-state index contributed by atoms with van der Waals surface area (Å²) >= 11 is 4.56. The molecule has 6 nitrogen and oxygen atoms in total. The number of phenols is 1. The minimum atomic E-state index is -0.288. The van der Waals surface area contributed by atoms with Crippen molar-refractivity contribution in [3.63, 3.8) is 0 Å². The molecule has 1 fully saturated rings. The Hall–Kier alpha value is -2.45. The smallest absolute Gasteiger partial charge is 0.264 e. The van der Waals surface area contributed by atoms with Crippen LogP contribution in [-0.4, -0.2) is 30.4 Å². The largest absolute Gasteiger partial charge is 0.504 e. The Bertz CT molecular complexity index is 972. The van der Waals surface area contributed by atoms with Gasteiger partial charge in [-0.2, -0.15) is 0 Å². The molecule has 0 saturated carbocycles. The van der Waals surface area contributed by atoms with Gasteiger partial charge in [0.25, 0.3) is 5.91 Å². The summed E-state index contributed by atoms with van der Waals surface area (Å²) in [5.74, 6) is 0.615. The topological polar surface area (TPSA) is 80.2 Å². The van der Waals surface area contributed by atoms with E-state index in [4.69, 9.17) is 9.47 Å². The number of thioether (sulfide) groups is 1. The number of amidine groups is 1. The Kier molecular flexibility index (Phi) is 5.76. The van der Waals surface area contributed by atoms with E-state index in [9.17, 15) is 9.90 Å². The predicted octanol–water partition coefficient (Wildman–Crippen LogP) is 4.37. The summed E-state index contributed by atoms with van der Waals surface area (Å²) in [5.41, 5.74) is 2.13. The molecule has 140 valence electrons. The number of hydrogen-bond donors (Lipinski definition) is 2. The number of amides is 1. The van der Waals surface area contributed by atoms with Crippen LogP contribution in [0.5, 0.6) is 17.2 Å². The van der Waals surface area contributed by atoms with Crippen LogP contribution in [0.15, 0.2) is 44.7 Å². The number of nitrogens with zero attached hydrogens (tertiary/aromatic N) is 1. The zero-order valence-corrected chi connectivity index (χ0v) is 17.3.